The van der Waals surface area contributed by atoms with E-state index < -0.39 is 0 Å². The molecule has 3 nitrogen and oxygen atoms in total. The van der Waals surface area contributed by atoms with Gasteiger partial charge in [0.1, 0.15) is 0 Å². The van der Waals surface area contributed by atoms with E-state index in [9.17, 15) is 14.4 Å². The predicted molar refractivity (Wildman–Crippen MR) is 138 cm³/mol. The first-order valence-electron chi connectivity index (χ1n) is 11.4. The summed E-state index contributed by atoms with van der Waals surface area (Å²) in [5.74, 6) is -0.763. The van der Waals surface area contributed by atoms with Gasteiger partial charge in [0, 0.05) is 27.8 Å². The molecule has 0 spiro atoms. The summed E-state index contributed by atoms with van der Waals surface area (Å²) < 4.78 is 0. The second kappa shape index (κ2) is 10.8. The largest absolute Gasteiger partial charge is 0.289 e. The smallest absolute Gasteiger partial charge is 0.190 e. The monoisotopic (exact) mass is 450 g/mol. The molecule has 0 N–H and O–H groups in total. The quantitative estimate of drug-likeness (QED) is 0.166. The molecule has 0 radical (unpaired) electrons. The minimum atomic E-state index is -0.336. The Hall–Kier alpha value is -3.85. The number of ketones is 3. The average molecular weight is 451 g/mol. The first-order chi connectivity index (χ1) is 16.3. The Labute approximate surface area is 201 Å². The summed E-state index contributed by atoms with van der Waals surface area (Å²) in [6, 6.07) is 17.9. The van der Waals surface area contributed by atoms with E-state index in [2.05, 4.69) is 13.2 Å². The van der Waals surface area contributed by atoms with Crippen LogP contribution < -0.4 is 0 Å². The van der Waals surface area contributed by atoms with E-state index in [0.29, 0.717) is 33.4 Å². The lowest BCUT2D eigenvalue weighted by atomic mass is 9.81. The average Bonchev–Trinajstić information content (AvgIpc) is 3.71. The van der Waals surface area contributed by atoms with Gasteiger partial charge in [-0.15, -0.1) is 6.58 Å². The zero-order valence-corrected chi connectivity index (χ0v) is 20.1. The number of carbonyl (C=O) groups excluding carboxylic acids is 3. The third-order valence-electron chi connectivity index (χ3n) is 5.98. The summed E-state index contributed by atoms with van der Waals surface area (Å²) in [4.78, 5) is 40.8. The Morgan fingerprint density at radius 1 is 0.794 bits per heavy atom. The van der Waals surface area contributed by atoms with Crippen LogP contribution in [0.5, 0.6) is 0 Å². The molecule has 1 fully saturated rings. The SMILES string of the molecule is C=CC/C(C(=O)c1ccccc1)=C(C(=O)C(=C)C)\C(C(C)=C1CC1)=C(/C)C(=O)c1ccccc1. The fourth-order valence-electron chi connectivity index (χ4n) is 4.02. The molecule has 0 heterocycles. The summed E-state index contributed by atoms with van der Waals surface area (Å²) >= 11 is 0. The third kappa shape index (κ3) is 5.37. The van der Waals surface area contributed by atoms with Crippen LogP contribution in [0, 0.1) is 0 Å². The van der Waals surface area contributed by atoms with Crippen molar-refractivity contribution >= 4 is 17.3 Å². The van der Waals surface area contributed by atoms with Crippen LogP contribution in [0.3, 0.4) is 0 Å². The second-order valence-electron chi connectivity index (χ2n) is 8.57. The summed E-state index contributed by atoms with van der Waals surface area (Å²) in [6.07, 6.45) is 3.65. The highest BCUT2D eigenvalue weighted by atomic mass is 16.1. The minimum Gasteiger partial charge on any atom is -0.289 e. The van der Waals surface area contributed by atoms with Crippen LogP contribution >= 0.6 is 0 Å². The first kappa shape index (κ1) is 24.8. The molecule has 2 aromatic carbocycles. The van der Waals surface area contributed by atoms with E-state index in [1.807, 2.05) is 31.2 Å². The molecule has 3 rings (SSSR count). The van der Waals surface area contributed by atoms with E-state index in [4.69, 9.17) is 0 Å². The Morgan fingerprint density at radius 3 is 1.74 bits per heavy atom. The predicted octanol–water partition coefficient (Wildman–Crippen LogP) is 7.20. The van der Waals surface area contributed by atoms with Gasteiger partial charge in [0.2, 0.25) is 0 Å². The van der Waals surface area contributed by atoms with Gasteiger partial charge in [-0.1, -0.05) is 78.9 Å². The Bertz CT molecular complexity index is 1250. The minimum absolute atomic E-state index is 0.173. The summed E-state index contributed by atoms with van der Waals surface area (Å²) in [5.41, 5.74) is 4.95. The summed E-state index contributed by atoms with van der Waals surface area (Å²) in [5, 5.41) is 0. The molecular formula is C31H30O3. The lowest BCUT2D eigenvalue weighted by Gasteiger charge is -2.20. The molecule has 0 unspecified atom stereocenters. The van der Waals surface area contributed by atoms with Crippen molar-refractivity contribution in [2.75, 3.05) is 0 Å². The summed E-state index contributed by atoms with van der Waals surface area (Å²) in [6.45, 7) is 13.0. The standard InChI is InChI=1S/C31H30O3/c1-6-13-26(31(34)25-16-11-8-12-17-25)28(29(32)20(2)3)27(21(4)23-18-19-23)22(5)30(33)24-14-9-7-10-15-24/h6-12,14-17H,1-2,13,18-19H2,3-5H3/b27-22+,28-26-. The molecule has 1 saturated carbocycles. The van der Waals surface area contributed by atoms with Crippen molar-refractivity contribution in [2.45, 2.75) is 40.0 Å². The first-order valence-corrected chi connectivity index (χ1v) is 11.4. The van der Waals surface area contributed by atoms with Crippen molar-refractivity contribution in [3.8, 4) is 0 Å². The van der Waals surface area contributed by atoms with E-state index in [1.54, 1.807) is 56.3 Å². The van der Waals surface area contributed by atoms with Gasteiger partial charge in [-0.2, -0.15) is 0 Å². The zero-order valence-electron chi connectivity index (χ0n) is 20.1. The Kier molecular flexibility index (Phi) is 7.91. The van der Waals surface area contributed by atoms with Crippen molar-refractivity contribution in [1.82, 2.24) is 0 Å². The van der Waals surface area contributed by atoms with Gasteiger partial charge in [-0.3, -0.25) is 14.4 Å². The Morgan fingerprint density at radius 2 is 1.29 bits per heavy atom. The topological polar surface area (TPSA) is 51.2 Å². The van der Waals surface area contributed by atoms with Crippen LogP contribution in [0.1, 0.15) is 60.7 Å². The highest BCUT2D eigenvalue weighted by Gasteiger charge is 2.30. The molecule has 34 heavy (non-hydrogen) atoms. The van der Waals surface area contributed by atoms with Gasteiger partial charge in [-0.25, -0.2) is 0 Å². The van der Waals surface area contributed by atoms with Crippen LogP contribution in [0.15, 0.2) is 119 Å². The highest BCUT2D eigenvalue weighted by Crippen LogP contribution is 2.40. The second-order valence-corrected chi connectivity index (χ2v) is 8.57. The highest BCUT2D eigenvalue weighted by molar-refractivity contribution is 6.21. The lowest BCUT2D eigenvalue weighted by Crippen LogP contribution is -2.18. The molecule has 1 aliphatic carbocycles. The van der Waals surface area contributed by atoms with Crippen LogP contribution in [-0.2, 0) is 4.79 Å². The van der Waals surface area contributed by atoms with E-state index >= 15 is 0 Å². The normalized spacial score (nSPS) is 13.9. The third-order valence-corrected chi connectivity index (χ3v) is 5.98. The molecule has 2 aromatic rings. The lowest BCUT2D eigenvalue weighted by molar-refractivity contribution is -0.112. The molecule has 172 valence electrons. The maximum atomic E-state index is 13.7. The van der Waals surface area contributed by atoms with Gasteiger partial charge < -0.3 is 0 Å². The molecule has 0 aliphatic heterocycles. The van der Waals surface area contributed by atoms with Gasteiger partial charge in [-0.05, 0) is 56.8 Å². The zero-order chi connectivity index (χ0) is 24.8. The molecule has 1 aliphatic rings. The van der Waals surface area contributed by atoms with Crippen molar-refractivity contribution in [3.05, 3.63) is 130 Å². The molecular weight excluding hydrogens is 420 g/mol. The van der Waals surface area contributed by atoms with Gasteiger partial charge in [0.15, 0.2) is 17.3 Å². The van der Waals surface area contributed by atoms with Crippen molar-refractivity contribution < 1.29 is 14.4 Å². The van der Waals surface area contributed by atoms with E-state index in [1.165, 1.54) is 5.57 Å². The van der Waals surface area contributed by atoms with Crippen LogP contribution in [-0.4, -0.2) is 17.3 Å². The Balaban J connectivity index is 2.38. The molecule has 3 heteroatoms. The number of carbonyl (C=O) groups is 3. The summed E-state index contributed by atoms with van der Waals surface area (Å²) in [7, 11) is 0. The van der Waals surface area contributed by atoms with Crippen LogP contribution in [0.25, 0.3) is 0 Å². The fourth-order valence-corrected chi connectivity index (χ4v) is 4.02. The number of benzene rings is 2. The van der Waals surface area contributed by atoms with Crippen LogP contribution in [0.2, 0.25) is 0 Å². The number of allylic oxidation sites excluding steroid dienone is 8. The van der Waals surface area contributed by atoms with Crippen molar-refractivity contribution in [3.63, 3.8) is 0 Å². The maximum absolute atomic E-state index is 13.7. The van der Waals surface area contributed by atoms with Crippen LogP contribution in [0.4, 0.5) is 0 Å². The van der Waals surface area contributed by atoms with Gasteiger partial charge in [0.05, 0.1) is 0 Å². The maximum Gasteiger partial charge on any atom is 0.190 e. The number of hydrogen-bond donors (Lipinski definition) is 0. The number of Topliss-reactive ketones (excluding diaryl/α,β-unsaturated/α-hetero) is 3. The van der Waals surface area contributed by atoms with Crippen molar-refractivity contribution in [1.29, 1.82) is 0 Å². The van der Waals surface area contributed by atoms with Crippen molar-refractivity contribution in [2.24, 2.45) is 0 Å². The molecule has 0 atom stereocenters. The number of rotatable bonds is 10. The van der Waals surface area contributed by atoms with Gasteiger partial charge >= 0.3 is 0 Å². The molecule has 0 aromatic heterocycles. The van der Waals surface area contributed by atoms with E-state index in [0.717, 1.165) is 18.4 Å². The molecule has 0 bridgehead atoms. The van der Waals surface area contributed by atoms with E-state index in [-0.39, 0.29) is 29.3 Å². The fraction of sp³-hybridized carbons (Fsp3) is 0.194. The number of hydrogen-bond acceptors (Lipinski definition) is 3. The molecule has 0 amide bonds. The van der Waals surface area contributed by atoms with Gasteiger partial charge in [0.25, 0.3) is 0 Å². The molecule has 0 saturated heterocycles.